The number of rotatable bonds is 3. The van der Waals surface area contributed by atoms with Crippen molar-refractivity contribution in [2.45, 2.75) is 12.5 Å². The maximum atomic E-state index is 5.54. The van der Waals surface area contributed by atoms with Crippen LogP contribution in [0, 0.1) is 0 Å². The Morgan fingerprint density at radius 2 is 1.65 bits per heavy atom. The SMILES string of the molecule is COc1cccc(OC)c1C1NCCc2ccccc21. The normalized spacial score (nSPS) is 17.4. The summed E-state index contributed by atoms with van der Waals surface area (Å²) in [5.74, 6) is 1.72. The number of fused-ring (bicyclic) bond motifs is 1. The van der Waals surface area contributed by atoms with Crippen LogP contribution in [0.1, 0.15) is 22.7 Å². The molecule has 3 nitrogen and oxygen atoms in total. The third-order valence-electron chi connectivity index (χ3n) is 3.86. The summed E-state index contributed by atoms with van der Waals surface area (Å²) in [6.45, 7) is 0.961. The molecule has 3 rings (SSSR count). The van der Waals surface area contributed by atoms with Crippen LogP contribution >= 0.6 is 0 Å². The Labute approximate surface area is 119 Å². The van der Waals surface area contributed by atoms with Crippen molar-refractivity contribution in [1.82, 2.24) is 5.32 Å². The molecule has 2 aromatic rings. The van der Waals surface area contributed by atoms with E-state index in [0.29, 0.717) is 0 Å². The highest BCUT2D eigenvalue weighted by Crippen LogP contribution is 2.39. The van der Waals surface area contributed by atoms with Gasteiger partial charge in [0.2, 0.25) is 0 Å². The van der Waals surface area contributed by atoms with Crippen LogP contribution < -0.4 is 14.8 Å². The smallest absolute Gasteiger partial charge is 0.127 e. The van der Waals surface area contributed by atoms with Gasteiger partial charge in [0.05, 0.1) is 25.8 Å². The molecule has 2 aromatic carbocycles. The number of methoxy groups -OCH3 is 2. The van der Waals surface area contributed by atoms with E-state index in [4.69, 9.17) is 9.47 Å². The fourth-order valence-electron chi connectivity index (χ4n) is 2.93. The summed E-state index contributed by atoms with van der Waals surface area (Å²) in [7, 11) is 3.40. The van der Waals surface area contributed by atoms with E-state index in [1.807, 2.05) is 18.2 Å². The average molecular weight is 269 g/mol. The predicted molar refractivity (Wildman–Crippen MR) is 79.5 cm³/mol. The van der Waals surface area contributed by atoms with Gasteiger partial charge in [-0.1, -0.05) is 30.3 Å². The summed E-state index contributed by atoms with van der Waals surface area (Å²) < 4.78 is 11.1. The first-order chi connectivity index (χ1) is 9.85. The Bertz CT molecular complexity index is 587. The molecule has 0 saturated carbocycles. The summed E-state index contributed by atoms with van der Waals surface area (Å²) >= 11 is 0. The Morgan fingerprint density at radius 3 is 2.35 bits per heavy atom. The fraction of sp³-hybridized carbons (Fsp3) is 0.294. The number of benzene rings is 2. The van der Waals surface area contributed by atoms with Gasteiger partial charge < -0.3 is 14.8 Å². The van der Waals surface area contributed by atoms with Crippen LogP contribution in [0.15, 0.2) is 42.5 Å². The Hall–Kier alpha value is -2.00. The van der Waals surface area contributed by atoms with E-state index in [2.05, 4.69) is 29.6 Å². The van der Waals surface area contributed by atoms with Crippen LogP contribution in [0.3, 0.4) is 0 Å². The zero-order valence-corrected chi connectivity index (χ0v) is 11.8. The minimum atomic E-state index is 0.117. The van der Waals surface area contributed by atoms with E-state index in [0.717, 1.165) is 30.0 Å². The quantitative estimate of drug-likeness (QED) is 0.929. The fourth-order valence-corrected chi connectivity index (χ4v) is 2.93. The topological polar surface area (TPSA) is 30.5 Å². The lowest BCUT2D eigenvalue weighted by atomic mass is 9.89. The molecule has 1 aliphatic rings. The lowest BCUT2D eigenvalue weighted by Crippen LogP contribution is -2.31. The van der Waals surface area contributed by atoms with E-state index < -0.39 is 0 Å². The predicted octanol–water partition coefficient (Wildman–Crippen LogP) is 2.94. The van der Waals surface area contributed by atoms with E-state index in [-0.39, 0.29) is 6.04 Å². The Kier molecular flexibility index (Phi) is 3.61. The van der Waals surface area contributed by atoms with Gasteiger partial charge in [0.1, 0.15) is 11.5 Å². The molecule has 0 fully saturated rings. The molecule has 0 saturated heterocycles. The first-order valence-electron chi connectivity index (χ1n) is 6.87. The second-order valence-corrected chi connectivity index (χ2v) is 4.91. The third kappa shape index (κ3) is 2.14. The molecule has 104 valence electrons. The van der Waals surface area contributed by atoms with E-state index in [1.165, 1.54) is 11.1 Å². The molecule has 0 spiro atoms. The van der Waals surface area contributed by atoms with Gasteiger partial charge in [0.25, 0.3) is 0 Å². The minimum absolute atomic E-state index is 0.117. The van der Waals surface area contributed by atoms with Gasteiger partial charge in [-0.25, -0.2) is 0 Å². The zero-order chi connectivity index (χ0) is 13.9. The van der Waals surface area contributed by atoms with Gasteiger partial charge in [-0.2, -0.15) is 0 Å². The summed E-state index contributed by atoms with van der Waals surface area (Å²) in [5.41, 5.74) is 3.77. The van der Waals surface area contributed by atoms with Crippen molar-refractivity contribution in [3.05, 3.63) is 59.2 Å². The van der Waals surface area contributed by atoms with Gasteiger partial charge in [0.15, 0.2) is 0 Å². The van der Waals surface area contributed by atoms with E-state index in [9.17, 15) is 0 Å². The Balaban J connectivity index is 2.15. The summed E-state index contributed by atoms with van der Waals surface area (Å²) in [6, 6.07) is 14.6. The van der Waals surface area contributed by atoms with Crippen molar-refractivity contribution in [1.29, 1.82) is 0 Å². The lowest BCUT2D eigenvalue weighted by Gasteiger charge is -2.29. The molecule has 3 heteroatoms. The molecule has 0 radical (unpaired) electrons. The second-order valence-electron chi connectivity index (χ2n) is 4.91. The van der Waals surface area contributed by atoms with Crippen molar-refractivity contribution in [3.8, 4) is 11.5 Å². The molecule has 0 bridgehead atoms. The summed E-state index contributed by atoms with van der Waals surface area (Å²) in [6.07, 6.45) is 1.06. The highest BCUT2D eigenvalue weighted by molar-refractivity contribution is 5.52. The molecule has 1 heterocycles. The second kappa shape index (κ2) is 5.55. The van der Waals surface area contributed by atoms with Crippen LogP contribution in [0.25, 0.3) is 0 Å². The molecule has 0 aromatic heterocycles. The molecular formula is C17H19NO2. The van der Waals surface area contributed by atoms with Crippen LogP contribution in [0.5, 0.6) is 11.5 Å². The van der Waals surface area contributed by atoms with Crippen molar-refractivity contribution in [3.63, 3.8) is 0 Å². The molecule has 0 aliphatic carbocycles. The minimum Gasteiger partial charge on any atom is -0.496 e. The number of nitrogens with one attached hydrogen (secondary N) is 1. The molecular weight excluding hydrogens is 250 g/mol. The standard InChI is InChI=1S/C17H19NO2/c1-19-14-8-5-9-15(20-2)16(14)17-13-7-4-3-6-12(13)10-11-18-17/h3-9,17-18H,10-11H2,1-2H3. The zero-order valence-electron chi connectivity index (χ0n) is 11.8. The molecule has 20 heavy (non-hydrogen) atoms. The largest absolute Gasteiger partial charge is 0.496 e. The molecule has 1 aliphatic heterocycles. The molecule has 1 atom stereocenters. The van der Waals surface area contributed by atoms with Crippen molar-refractivity contribution in [2.75, 3.05) is 20.8 Å². The van der Waals surface area contributed by atoms with Gasteiger partial charge in [-0.05, 0) is 29.7 Å². The first kappa shape index (κ1) is 13.0. The van der Waals surface area contributed by atoms with Gasteiger partial charge in [0, 0.05) is 6.54 Å². The summed E-state index contributed by atoms with van der Waals surface area (Å²) in [4.78, 5) is 0. The van der Waals surface area contributed by atoms with E-state index in [1.54, 1.807) is 14.2 Å². The van der Waals surface area contributed by atoms with Gasteiger partial charge in [-0.3, -0.25) is 0 Å². The lowest BCUT2D eigenvalue weighted by molar-refractivity contribution is 0.375. The maximum absolute atomic E-state index is 5.54. The van der Waals surface area contributed by atoms with Crippen molar-refractivity contribution >= 4 is 0 Å². The monoisotopic (exact) mass is 269 g/mol. The van der Waals surface area contributed by atoms with Crippen LogP contribution in [-0.2, 0) is 6.42 Å². The Morgan fingerprint density at radius 1 is 0.950 bits per heavy atom. The van der Waals surface area contributed by atoms with Gasteiger partial charge >= 0.3 is 0 Å². The van der Waals surface area contributed by atoms with Crippen molar-refractivity contribution < 1.29 is 9.47 Å². The average Bonchev–Trinajstić information content (AvgIpc) is 2.53. The molecule has 0 amide bonds. The third-order valence-corrected chi connectivity index (χ3v) is 3.86. The summed E-state index contributed by atoms with van der Waals surface area (Å²) in [5, 5.41) is 3.58. The number of ether oxygens (including phenoxy) is 2. The first-order valence-corrected chi connectivity index (χ1v) is 6.87. The van der Waals surface area contributed by atoms with Crippen LogP contribution in [-0.4, -0.2) is 20.8 Å². The number of hydrogen-bond acceptors (Lipinski definition) is 3. The number of hydrogen-bond donors (Lipinski definition) is 1. The van der Waals surface area contributed by atoms with Crippen molar-refractivity contribution in [2.24, 2.45) is 0 Å². The maximum Gasteiger partial charge on any atom is 0.127 e. The highest BCUT2D eigenvalue weighted by atomic mass is 16.5. The van der Waals surface area contributed by atoms with Crippen LogP contribution in [0.2, 0.25) is 0 Å². The van der Waals surface area contributed by atoms with E-state index >= 15 is 0 Å². The molecule has 1 unspecified atom stereocenters. The highest BCUT2D eigenvalue weighted by Gasteiger charge is 2.26. The van der Waals surface area contributed by atoms with Gasteiger partial charge in [-0.15, -0.1) is 0 Å². The molecule has 1 N–H and O–H groups in total. The van der Waals surface area contributed by atoms with Crippen LogP contribution in [0.4, 0.5) is 0 Å².